The van der Waals surface area contributed by atoms with E-state index in [-0.39, 0.29) is 22.4 Å². The first kappa shape index (κ1) is 15.9. The van der Waals surface area contributed by atoms with Crippen LogP contribution < -0.4 is 10.2 Å². The van der Waals surface area contributed by atoms with E-state index < -0.39 is 0 Å². The van der Waals surface area contributed by atoms with Crippen molar-refractivity contribution >= 4 is 23.7 Å². The van der Waals surface area contributed by atoms with Crippen molar-refractivity contribution in [2.75, 3.05) is 7.11 Å². The minimum absolute atomic E-state index is 0.134. The zero-order chi connectivity index (χ0) is 16.1. The Bertz CT molecular complexity index is 729. The quantitative estimate of drug-likeness (QED) is 0.672. The number of hydrogen-bond donors (Lipinski definition) is 2. The molecule has 0 saturated carbocycles. The van der Waals surface area contributed by atoms with E-state index in [4.69, 9.17) is 16.3 Å². The molecule has 0 spiro atoms. The van der Waals surface area contributed by atoms with Crippen molar-refractivity contribution in [2.45, 2.75) is 6.92 Å². The van der Waals surface area contributed by atoms with Gasteiger partial charge in [-0.25, -0.2) is 5.43 Å². The Morgan fingerprint density at radius 3 is 2.77 bits per heavy atom. The number of ether oxygens (including phenoxy) is 1. The van der Waals surface area contributed by atoms with E-state index in [9.17, 15) is 9.90 Å². The summed E-state index contributed by atoms with van der Waals surface area (Å²) in [5.74, 6) is -0.198. The van der Waals surface area contributed by atoms with Crippen LogP contribution in [0.25, 0.3) is 0 Å². The number of aryl methyl sites for hydroxylation is 1. The summed E-state index contributed by atoms with van der Waals surface area (Å²) < 4.78 is 5.00. The predicted molar refractivity (Wildman–Crippen MR) is 85.9 cm³/mol. The molecule has 114 valence electrons. The minimum Gasteiger partial charge on any atom is -0.503 e. The number of hydrogen-bond acceptors (Lipinski definition) is 4. The van der Waals surface area contributed by atoms with Crippen molar-refractivity contribution in [2.24, 2.45) is 5.10 Å². The van der Waals surface area contributed by atoms with Crippen LogP contribution in [0.15, 0.2) is 41.5 Å². The first-order chi connectivity index (χ1) is 10.5. The van der Waals surface area contributed by atoms with E-state index in [0.29, 0.717) is 11.1 Å². The number of carbonyl (C=O) groups is 1. The zero-order valence-corrected chi connectivity index (χ0v) is 12.9. The highest BCUT2D eigenvalue weighted by atomic mass is 35.5. The van der Waals surface area contributed by atoms with Crippen LogP contribution in [0, 0.1) is 6.92 Å². The summed E-state index contributed by atoms with van der Waals surface area (Å²) in [5, 5.41) is 13.7. The molecule has 0 aliphatic heterocycles. The maximum absolute atomic E-state index is 12.0. The van der Waals surface area contributed by atoms with Gasteiger partial charge in [0.25, 0.3) is 5.91 Å². The van der Waals surface area contributed by atoms with Crippen LogP contribution >= 0.6 is 11.6 Å². The highest BCUT2D eigenvalue weighted by Crippen LogP contribution is 2.34. The molecule has 0 saturated heterocycles. The van der Waals surface area contributed by atoms with Crippen LogP contribution in [-0.4, -0.2) is 24.3 Å². The van der Waals surface area contributed by atoms with Crippen molar-refractivity contribution in [3.05, 3.63) is 58.1 Å². The number of nitrogens with one attached hydrogen (secondary N) is 1. The Balaban J connectivity index is 2.12. The smallest absolute Gasteiger partial charge is 0.271 e. The average Bonchev–Trinajstić information content (AvgIpc) is 2.50. The van der Waals surface area contributed by atoms with Crippen LogP contribution in [0.2, 0.25) is 5.02 Å². The van der Waals surface area contributed by atoms with Gasteiger partial charge in [-0.3, -0.25) is 4.79 Å². The van der Waals surface area contributed by atoms with Gasteiger partial charge in [0.2, 0.25) is 0 Å². The average molecular weight is 319 g/mol. The standard InChI is InChI=1S/C16H15ClN2O3/c1-10-5-3-4-6-12(10)16(21)19-18-9-11-7-13(17)15(20)14(8-11)22-2/h3-9,20H,1-2H3,(H,19,21)/b18-9-. The molecule has 0 unspecified atom stereocenters. The van der Waals surface area contributed by atoms with Crippen LogP contribution in [0.5, 0.6) is 11.5 Å². The lowest BCUT2D eigenvalue weighted by molar-refractivity contribution is 0.0954. The number of amides is 1. The number of nitrogens with zero attached hydrogens (tertiary/aromatic N) is 1. The Hall–Kier alpha value is -2.53. The number of halogens is 1. The molecule has 0 fully saturated rings. The summed E-state index contributed by atoms with van der Waals surface area (Å²) in [5.41, 5.74) is 4.45. The number of carbonyl (C=O) groups excluding carboxylic acids is 1. The molecule has 2 N–H and O–H groups in total. The summed E-state index contributed by atoms with van der Waals surface area (Å²) in [7, 11) is 1.42. The molecule has 2 aromatic carbocycles. The maximum atomic E-state index is 12.0. The van der Waals surface area contributed by atoms with E-state index in [1.807, 2.05) is 19.1 Å². The Labute approximate surface area is 133 Å². The lowest BCUT2D eigenvalue weighted by Crippen LogP contribution is -2.18. The molecular weight excluding hydrogens is 304 g/mol. The topological polar surface area (TPSA) is 70.9 Å². The van der Waals surface area contributed by atoms with Gasteiger partial charge in [0, 0.05) is 5.56 Å². The van der Waals surface area contributed by atoms with E-state index in [1.54, 1.807) is 18.2 Å². The summed E-state index contributed by atoms with van der Waals surface area (Å²) in [6, 6.07) is 10.3. The molecular formula is C16H15ClN2O3. The van der Waals surface area contributed by atoms with E-state index in [0.717, 1.165) is 5.56 Å². The van der Waals surface area contributed by atoms with Crippen molar-refractivity contribution in [1.29, 1.82) is 0 Å². The molecule has 1 amide bonds. The fourth-order valence-electron chi connectivity index (χ4n) is 1.88. The SMILES string of the molecule is COc1cc(/C=N\NC(=O)c2ccccc2C)cc(Cl)c1O. The molecule has 0 aromatic heterocycles. The van der Waals surface area contributed by atoms with E-state index >= 15 is 0 Å². The zero-order valence-electron chi connectivity index (χ0n) is 12.1. The first-order valence-corrected chi connectivity index (χ1v) is 6.86. The van der Waals surface area contributed by atoms with Gasteiger partial charge in [0.15, 0.2) is 11.5 Å². The number of rotatable bonds is 4. The van der Waals surface area contributed by atoms with Gasteiger partial charge in [-0.05, 0) is 36.2 Å². The second-order valence-electron chi connectivity index (χ2n) is 4.57. The Morgan fingerprint density at radius 1 is 1.36 bits per heavy atom. The largest absolute Gasteiger partial charge is 0.503 e. The molecule has 2 rings (SSSR count). The first-order valence-electron chi connectivity index (χ1n) is 6.48. The Kier molecular flexibility index (Phi) is 5.01. The summed E-state index contributed by atoms with van der Waals surface area (Å²) in [6.45, 7) is 1.85. The predicted octanol–water partition coefficient (Wildman–Crippen LogP) is 3.13. The Morgan fingerprint density at radius 2 is 2.09 bits per heavy atom. The number of phenolic OH excluding ortho intramolecular Hbond substituents is 1. The molecule has 2 aromatic rings. The van der Waals surface area contributed by atoms with Gasteiger partial charge in [0.05, 0.1) is 18.3 Å². The van der Waals surface area contributed by atoms with Gasteiger partial charge in [-0.1, -0.05) is 29.8 Å². The summed E-state index contributed by atoms with van der Waals surface area (Å²) in [4.78, 5) is 12.0. The second kappa shape index (κ2) is 6.95. The summed E-state index contributed by atoms with van der Waals surface area (Å²) in [6.07, 6.45) is 1.42. The van der Waals surface area contributed by atoms with E-state index in [2.05, 4.69) is 10.5 Å². The number of methoxy groups -OCH3 is 1. The third-order valence-electron chi connectivity index (χ3n) is 3.04. The summed E-state index contributed by atoms with van der Waals surface area (Å²) >= 11 is 5.88. The molecule has 0 radical (unpaired) electrons. The molecule has 5 nitrogen and oxygen atoms in total. The number of phenols is 1. The van der Waals surface area contributed by atoms with Gasteiger partial charge >= 0.3 is 0 Å². The van der Waals surface area contributed by atoms with Crippen molar-refractivity contribution < 1.29 is 14.6 Å². The van der Waals surface area contributed by atoms with Crippen molar-refractivity contribution in [3.63, 3.8) is 0 Å². The number of hydrazone groups is 1. The van der Waals surface area contributed by atoms with Gasteiger partial charge in [0.1, 0.15) is 0 Å². The maximum Gasteiger partial charge on any atom is 0.271 e. The molecule has 0 heterocycles. The molecule has 6 heteroatoms. The van der Waals surface area contributed by atoms with Crippen LogP contribution in [0.3, 0.4) is 0 Å². The third-order valence-corrected chi connectivity index (χ3v) is 3.33. The molecule has 22 heavy (non-hydrogen) atoms. The normalized spacial score (nSPS) is 10.7. The lowest BCUT2D eigenvalue weighted by atomic mass is 10.1. The van der Waals surface area contributed by atoms with Crippen molar-refractivity contribution in [1.82, 2.24) is 5.43 Å². The van der Waals surface area contributed by atoms with Crippen molar-refractivity contribution in [3.8, 4) is 11.5 Å². The van der Waals surface area contributed by atoms with Gasteiger partial charge < -0.3 is 9.84 Å². The molecule has 0 atom stereocenters. The monoisotopic (exact) mass is 318 g/mol. The number of aromatic hydroxyl groups is 1. The minimum atomic E-state index is -0.300. The fourth-order valence-corrected chi connectivity index (χ4v) is 2.10. The third kappa shape index (κ3) is 3.56. The lowest BCUT2D eigenvalue weighted by Gasteiger charge is -2.06. The fraction of sp³-hybridized carbons (Fsp3) is 0.125. The molecule has 0 aliphatic rings. The van der Waals surface area contributed by atoms with E-state index in [1.165, 1.54) is 19.4 Å². The van der Waals surface area contributed by atoms with Gasteiger partial charge in [-0.2, -0.15) is 5.10 Å². The highest BCUT2D eigenvalue weighted by Gasteiger charge is 2.09. The van der Waals surface area contributed by atoms with Crippen LogP contribution in [0.4, 0.5) is 0 Å². The molecule has 0 aliphatic carbocycles. The van der Waals surface area contributed by atoms with Gasteiger partial charge in [-0.15, -0.1) is 0 Å². The van der Waals surface area contributed by atoms with Crippen LogP contribution in [0.1, 0.15) is 21.5 Å². The molecule has 0 bridgehead atoms. The highest BCUT2D eigenvalue weighted by molar-refractivity contribution is 6.32. The second-order valence-corrected chi connectivity index (χ2v) is 4.97. The number of benzene rings is 2. The van der Waals surface area contributed by atoms with Crippen LogP contribution in [-0.2, 0) is 0 Å².